The highest BCUT2D eigenvalue weighted by Crippen LogP contribution is 2.50. The lowest BCUT2D eigenvalue weighted by molar-refractivity contribution is -0.333. The average Bonchev–Trinajstić information content (AvgIpc) is 2.37. The predicted octanol–water partition coefficient (Wildman–Crippen LogP) is 4.53. The molecule has 0 bridgehead atoms. The minimum Gasteiger partial charge on any atom is -0.361 e. The second kappa shape index (κ2) is 4.63. The van der Waals surface area contributed by atoms with Gasteiger partial charge in [-0.25, -0.2) is 0 Å². The molecular formula is C16H13F3O. The molecule has 1 saturated heterocycles. The Bertz CT molecular complexity index is 583. The van der Waals surface area contributed by atoms with Crippen molar-refractivity contribution in [1.29, 1.82) is 0 Å². The van der Waals surface area contributed by atoms with Gasteiger partial charge >= 0.3 is 6.18 Å². The largest absolute Gasteiger partial charge is 0.421 e. The summed E-state index contributed by atoms with van der Waals surface area (Å²) in [6.07, 6.45) is -4.39. The van der Waals surface area contributed by atoms with Crippen LogP contribution in [0.1, 0.15) is 12.0 Å². The first-order chi connectivity index (χ1) is 9.53. The van der Waals surface area contributed by atoms with Gasteiger partial charge in [-0.3, -0.25) is 0 Å². The van der Waals surface area contributed by atoms with Gasteiger partial charge in [0, 0.05) is 6.42 Å². The predicted molar refractivity (Wildman–Crippen MR) is 70.2 cm³/mol. The van der Waals surface area contributed by atoms with E-state index in [1.807, 2.05) is 30.3 Å². The Morgan fingerprint density at radius 2 is 1.40 bits per heavy atom. The molecule has 0 saturated carbocycles. The number of hydrogen-bond acceptors (Lipinski definition) is 1. The molecule has 0 N–H and O–H groups in total. The van der Waals surface area contributed by atoms with Crippen LogP contribution >= 0.6 is 0 Å². The van der Waals surface area contributed by atoms with Crippen molar-refractivity contribution in [2.24, 2.45) is 0 Å². The van der Waals surface area contributed by atoms with E-state index < -0.39 is 11.8 Å². The molecule has 1 heterocycles. The molecule has 0 spiro atoms. The van der Waals surface area contributed by atoms with Crippen LogP contribution in [0.3, 0.4) is 0 Å². The highest BCUT2D eigenvalue weighted by atomic mass is 19.4. The zero-order chi connectivity index (χ0) is 14.2. The van der Waals surface area contributed by atoms with E-state index >= 15 is 0 Å². The van der Waals surface area contributed by atoms with Crippen LogP contribution in [0.15, 0.2) is 54.6 Å². The van der Waals surface area contributed by atoms with E-state index in [-0.39, 0.29) is 18.6 Å². The average molecular weight is 278 g/mol. The van der Waals surface area contributed by atoms with Crippen LogP contribution in [-0.2, 0) is 10.3 Å². The zero-order valence-corrected chi connectivity index (χ0v) is 10.7. The van der Waals surface area contributed by atoms with Crippen molar-refractivity contribution in [3.8, 4) is 11.1 Å². The molecule has 1 aliphatic heterocycles. The van der Waals surface area contributed by atoms with Crippen LogP contribution in [0.2, 0.25) is 0 Å². The van der Waals surface area contributed by atoms with E-state index in [4.69, 9.17) is 4.74 Å². The summed E-state index contributed by atoms with van der Waals surface area (Å²) >= 11 is 0. The minimum atomic E-state index is -4.38. The normalized spacial score (nSPS) is 22.4. The van der Waals surface area contributed by atoms with E-state index in [0.717, 1.165) is 11.1 Å². The van der Waals surface area contributed by atoms with Crippen molar-refractivity contribution in [1.82, 2.24) is 0 Å². The van der Waals surface area contributed by atoms with Crippen LogP contribution < -0.4 is 0 Å². The third-order valence-corrected chi connectivity index (χ3v) is 3.72. The van der Waals surface area contributed by atoms with Gasteiger partial charge < -0.3 is 4.74 Å². The molecule has 0 radical (unpaired) electrons. The maximum atomic E-state index is 13.1. The Morgan fingerprint density at radius 3 is 1.85 bits per heavy atom. The van der Waals surface area contributed by atoms with Crippen molar-refractivity contribution in [2.45, 2.75) is 18.2 Å². The highest BCUT2D eigenvalue weighted by molar-refractivity contribution is 5.63. The van der Waals surface area contributed by atoms with Gasteiger partial charge in [0.2, 0.25) is 0 Å². The van der Waals surface area contributed by atoms with Crippen LogP contribution in [0.4, 0.5) is 13.2 Å². The summed E-state index contributed by atoms with van der Waals surface area (Å²) in [4.78, 5) is 0. The van der Waals surface area contributed by atoms with Crippen LogP contribution in [0.25, 0.3) is 11.1 Å². The number of halogens is 3. The van der Waals surface area contributed by atoms with Crippen molar-refractivity contribution in [3.63, 3.8) is 0 Å². The monoisotopic (exact) mass is 278 g/mol. The van der Waals surface area contributed by atoms with Gasteiger partial charge in [0.25, 0.3) is 0 Å². The fourth-order valence-corrected chi connectivity index (χ4v) is 2.48. The van der Waals surface area contributed by atoms with Gasteiger partial charge in [-0.2, -0.15) is 13.2 Å². The number of alkyl halides is 3. The molecule has 1 nitrogen and oxygen atoms in total. The smallest absolute Gasteiger partial charge is 0.361 e. The fraction of sp³-hybridized carbons (Fsp3) is 0.250. The molecule has 1 atom stereocenters. The van der Waals surface area contributed by atoms with Gasteiger partial charge in [0.1, 0.15) is 0 Å². The van der Waals surface area contributed by atoms with E-state index in [0.29, 0.717) is 0 Å². The SMILES string of the molecule is FC(F)(F)C1(c2ccc(-c3ccccc3)cc2)CCO1. The molecule has 4 heteroatoms. The van der Waals surface area contributed by atoms with Gasteiger partial charge in [0.05, 0.1) is 6.61 Å². The van der Waals surface area contributed by atoms with Gasteiger partial charge in [-0.05, 0) is 16.7 Å². The molecule has 0 amide bonds. The summed E-state index contributed by atoms with van der Waals surface area (Å²) in [5.74, 6) is 0. The first-order valence-corrected chi connectivity index (χ1v) is 6.40. The Hall–Kier alpha value is -1.81. The topological polar surface area (TPSA) is 9.23 Å². The summed E-state index contributed by atoms with van der Waals surface area (Å²) < 4.78 is 44.3. The molecule has 1 unspecified atom stereocenters. The molecule has 1 aliphatic rings. The van der Waals surface area contributed by atoms with Crippen molar-refractivity contribution < 1.29 is 17.9 Å². The lowest BCUT2D eigenvalue weighted by Crippen LogP contribution is -2.52. The Kier molecular flexibility index (Phi) is 3.05. The summed E-state index contributed by atoms with van der Waals surface area (Å²) in [5, 5.41) is 0. The summed E-state index contributed by atoms with van der Waals surface area (Å²) in [6, 6.07) is 16.0. The molecule has 2 aromatic carbocycles. The Balaban J connectivity index is 1.94. The van der Waals surface area contributed by atoms with Gasteiger partial charge in [0.15, 0.2) is 5.60 Å². The van der Waals surface area contributed by atoms with Gasteiger partial charge in [-0.1, -0.05) is 54.6 Å². The molecule has 20 heavy (non-hydrogen) atoms. The molecule has 0 aromatic heterocycles. The van der Waals surface area contributed by atoms with Crippen LogP contribution in [0, 0.1) is 0 Å². The second-order valence-corrected chi connectivity index (χ2v) is 4.87. The van der Waals surface area contributed by atoms with E-state index in [1.54, 1.807) is 12.1 Å². The number of benzene rings is 2. The quantitative estimate of drug-likeness (QED) is 0.784. The van der Waals surface area contributed by atoms with E-state index in [9.17, 15) is 13.2 Å². The molecular weight excluding hydrogens is 265 g/mol. The zero-order valence-electron chi connectivity index (χ0n) is 10.7. The van der Waals surface area contributed by atoms with E-state index in [2.05, 4.69) is 0 Å². The Labute approximate surface area is 115 Å². The molecule has 1 fully saturated rings. The molecule has 3 rings (SSSR count). The number of hydrogen-bond donors (Lipinski definition) is 0. The summed E-state index contributed by atoms with van der Waals surface area (Å²) in [5.41, 5.74) is -0.0565. The lowest BCUT2D eigenvalue weighted by atomic mass is 9.85. The second-order valence-electron chi connectivity index (χ2n) is 4.87. The molecule has 104 valence electrons. The maximum absolute atomic E-state index is 13.1. The minimum absolute atomic E-state index is 0.0127. The number of rotatable bonds is 2. The lowest BCUT2D eigenvalue weighted by Gasteiger charge is -2.43. The van der Waals surface area contributed by atoms with Crippen molar-refractivity contribution >= 4 is 0 Å². The molecule has 0 aliphatic carbocycles. The number of ether oxygens (including phenoxy) is 1. The third-order valence-electron chi connectivity index (χ3n) is 3.72. The fourth-order valence-electron chi connectivity index (χ4n) is 2.48. The standard InChI is InChI=1S/C16H13F3O/c17-16(18,19)15(10-11-20-15)14-8-6-13(7-9-14)12-4-2-1-3-5-12/h1-9H,10-11H2. The summed E-state index contributed by atoms with van der Waals surface area (Å²) in [6.45, 7) is 0.153. The summed E-state index contributed by atoms with van der Waals surface area (Å²) in [7, 11) is 0. The maximum Gasteiger partial charge on any atom is 0.421 e. The third kappa shape index (κ3) is 2.00. The van der Waals surface area contributed by atoms with E-state index in [1.165, 1.54) is 12.1 Å². The van der Waals surface area contributed by atoms with Crippen LogP contribution in [-0.4, -0.2) is 12.8 Å². The van der Waals surface area contributed by atoms with Crippen molar-refractivity contribution in [3.05, 3.63) is 60.2 Å². The van der Waals surface area contributed by atoms with Gasteiger partial charge in [-0.15, -0.1) is 0 Å². The first kappa shape index (κ1) is 13.2. The van der Waals surface area contributed by atoms with Crippen molar-refractivity contribution in [2.75, 3.05) is 6.61 Å². The van der Waals surface area contributed by atoms with Crippen LogP contribution in [0.5, 0.6) is 0 Å². The first-order valence-electron chi connectivity index (χ1n) is 6.40. The highest BCUT2D eigenvalue weighted by Gasteiger charge is 2.61. The Morgan fingerprint density at radius 1 is 0.850 bits per heavy atom. The molecule has 2 aromatic rings.